The predicted molar refractivity (Wildman–Crippen MR) is 60.2 cm³/mol. The van der Waals surface area contributed by atoms with E-state index in [0.29, 0.717) is 0 Å². The van der Waals surface area contributed by atoms with Crippen LogP contribution in [-0.2, 0) is 4.79 Å². The van der Waals surface area contributed by atoms with Gasteiger partial charge in [-0.2, -0.15) is 0 Å². The van der Waals surface area contributed by atoms with Crippen LogP contribution in [-0.4, -0.2) is 23.2 Å². The Morgan fingerprint density at radius 1 is 1.35 bits per heavy atom. The summed E-state index contributed by atoms with van der Waals surface area (Å²) < 4.78 is 13.2. The van der Waals surface area contributed by atoms with Crippen LogP contribution in [0.1, 0.15) is 24.3 Å². The Bertz CT molecular complexity index is 462. The third-order valence-corrected chi connectivity index (χ3v) is 3.99. The first-order valence-electron chi connectivity index (χ1n) is 5.91. The van der Waals surface area contributed by atoms with Gasteiger partial charge < -0.3 is 10.4 Å². The first-order chi connectivity index (χ1) is 8.16. The molecule has 17 heavy (non-hydrogen) atoms. The smallest absolute Gasteiger partial charge is 0.308 e. The van der Waals surface area contributed by atoms with Crippen molar-refractivity contribution < 1.29 is 14.3 Å². The Balaban J connectivity index is 1.98. The predicted octanol–water partition coefficient (Wildman–Crippen LogP) is 1.74. The molecular formula is C13H14FNO2. The molecule has 2 saturated heterocycles. The highest BCUT2D eigenvalue weighted by molar-refractivity contribution is 5.73. The van der Waals surface area contributed by atoms with Gasteiger partial charge in [0.2, 0.25) is 0 Å². The first kappa shape index (κ1) is 10.7. The lowest BCUT2D eigenvalue weighted by Crippen LogP contribution is -2.32. The minimum absolute atomic E-state index is 0.0470. The van der Waals surface area contributed by atoms with Crippen molar-refractivity contribution in [1.29, 1.82) is 0 Å². The maximum Gasteiger partial charge on any atom is 0.308 e. The third-order valence-electron chi connectivity index (χ3n) is 3.99. The zero-order chi connectivity index (χ0) is 12.0. The van der Waals surface area contributed by atoms with Crippen molar-refractivity contribution in [3.8, 4) is 0 Å². The second-order valence-corrected chi connectivity index (χ2v) is 4.90. The average molecular weight is 235 g/mol. The van der Waals surface area contributed by atoms with Crippen molar-refractivity contribution in [2.45, 2.75) is 30.8 Å². The number of hydrogen-bond donors (Lipinski definition) is 2. The average Bonchev–Trinajstić information content (AvgIpc) is 2.88. The van der Waals surface area contributed by atoms with E-state index in [1.807, 2.05) is 6.07 Å². The van der Waals surface area contributed by atoms with Crippen LogP contribution in [0.15, 0.2) is 24.3 Å². The van der Waals surface area contributed by atoms with Crippen LogP contribution in [0, 0.1) is 11.7 Å². The number of carbonyl (C=O) groups is 1. The summed E-state index contributed by atoms with van der Waals surface area (Å²) in [6.07, 6.45) is 1.89. The molecule has 1 aromatic rings. The van der Waals surface area contributed by atoms with Crippen LogP contribution in [0.25, 0.3) is 0 Å². The van der Waals surface area contributed by atoms with Crippen molar-refractivity contribution in [3.63, 3.8) is 0 Å². The molecule has 2 bridgehead atoms. The number of carboxylic acid groups (broad SMARTS) is 1. The highest BCUT2D eigenvalue weighted by atomic mass is 19.1. The molecule has 4 heteroatoms. The summed E-state index contributed by atoms with van der Waals surface area (Å²) in [4.78, 5) is 11.3. The van der Waals surface area contributed by atoms with Gasteiger partial charge in [0.25, 0.3) is 0 Å². The number of nitrogens with one attached hydrogen (secondary N) is 1. The van der Waals surface area contributed by atoms with E-state index in [9.17, 15) is 14.3 Å². The molecule has 2 heterocycles. The van der Waals surface area contributed by atoms with Crippen molar-refractivity contribution in [3.05, 3.63) is 35.6 Å². The second kappa shape index (κ2) is 3.81. The highest BCUT2D eigenvalue weighted by Crippen LogP contribution is 2.44. The van der Waals surface area contributed by atoms with Gasteiger partial charge >= 0.3 is 5.97 Å². The Morgan fingerprint density at radius 3 is 2.82 bits per heavy atom. The minimum Gasteiger partial charge on any atom is -0.481 e. The Hall–Kier alpha value is -1.42. The molecule has 0 aromatic heterocycles. The van der Waals surface area contributed by atoms with Gasteiger partial charge in [-0.1, -0.05) is 12.1 Å². The van der Waals surface area contributed by atoms with Crippen molar-refractivity contribution in [1.82, 2.24) is 5.32 Å². The largest absolute Gasteiger partial charge is 0.481 e. The minimum atomic E-state index is -0.779. The number of hydrogen-bond acceptors (Lipinski definition) is 2. The quantitative estimate of drug-likeness (QED) is 0.821. The number of fused-ring (bicyclic) bond motifs is 2. The lowest BCUT2D eigenvalue weighted by Gasteiger charge is -2.26. The standard InChI is InChI=1S/C13H14FNO2/c14-8-3-1-2-7(6-8)11-9-4-5-10(15-9)12(11)13(16)17/h1-3,6,9-12,15H,4-5H2,(H,16,17). The van der Waals surface area contributed by atoms with Crippen molar-refractivity contribution >= 4 is 5.97 Å². The molecule has 0 spiro atoms. The van der Waals surface area contributed by atoms with Gasteiger partial charge in [-0.15, -0.1) is 0 Å². The molecule has 0 radical (unpaired) electrons. The van der Waals surface area contributed by atoms with Crippen LogP contribution >= 0.6 is 0 Å². The molecule has 2 aliphatic rings. The Kier molecular flexibility index (Phi) is 2.40. The van der Waals surface area contributed by atoms with E-state index in [0.717, 1.165) is 18.4 Å². The van der Waals surface area contributed by atoms with Gasteiger partial charge in [0.15, 0.2) is 0 Å². The molecule has 90 valence electrons. The first-order valence-corrected chi connectivity index (χ1v) is 5.91. The molecule has 1 aromatic carbocycles. The molecule has 2 N–H and O–H groups in total. The topological polar surface area (TPSA) is 49.3 Å². The molecule has 0 aliphatic carbocycles. The molecular weight excluding hydrogens is 221 g/mol. The van der Waals surface area contributed by atoms with Crippen LogP contribution in [0.5, 0.6) is 0 Å². The van der Waals surface area contributed by atoms with Crippen LogP contribution in [0.4, 0.5) is 4.39 Å². The van der Waals surface area contributed by atoms with E-state index in [1.165, 1.54) is 12.1 Å². The van der Waals surface area contributed by atoms with E-state index in [-0.39, 0.29) is 23.8 Å². The summed E-state index contributed by atoms with van der Waals surface area (Å²) in [7, 11) is 0. The fourth-order valence-corrected chi connectivity index (χ4v) is 3.35. The number of rotatable bonds is 2. The Labute approximate surface area is 98.6 Å². The number of carboxylic acids is 1. The zero-order valence-electron chi connectivity index (χ0n) is 9.27. The van der Waals surface area contributed by atoms with Gasteiger partial charge in [0.05, 0.1) is 5.92 Å². The van der Waals surface area contributed by atoms with Gasteiger partial charge in [0, 0.05) is 18.0 Å². The second-order valence-electron chi connectivity index (χ2n) is 4.90. The normalized spacial score (nSPS) is 35.1. The lowest BCUT2D eigenvalue weighted by atomic mass is 9.75. The zero-order valence-corrected chi connectivity index (χ0v) is 9.27. The molecule has 0 saturated carbocycles. The van der Waals surface area contributed by atoms with Gasteiger partial charge in [-0.3, -0.25) is 4.79 Å². The summed E-state index contributed by atoms with van der Waals surface area (Å²) in [6.45, 7) is 0. The monoisotopic (exact) mass is 235 g/mol. The summed E-state index contributed by atoms with van der Waals surface area (Å²) in [5.74, 6) is -1.59. The molecule has 4 atom stereocenters. The summed E-state index contributed by atoms with van der Waals surface area (Å²) in [5.41, 5.74) is 0.803. The summed E-state index contributed by atoms with van der Waals surface area (Å²) in [5, 5.41) is 12.6. The van der Waals surface area contributed by atoms with Gasteiger partial charge in [0.1, 0.15) is 5.82 Å². The maximum atomic E-state index is 13.2. The van der Waals surface area contributed by atoms with E-state index < -0.39 is 11.9 Å². The number of benzene rings is 1. The van der Waals surface area contributed by atoms with E-state index in [2.05, 4.69) is 5.32 Å². The summed E-state index contributed by atoms with van der Waals surface area (Å²) >= 11 is 0. The fraction of sp³-hybridized carbons (Fsp3) is 0.462. The van der Waals surface area contributed by atoms with Crippen LogP contribution in [0.3, 0.4) is 0 Å². The summed E-state index contributed by atoms with van der Waals surface area (Å²) in [6, 6.07) is 6.55. The van der Waals surface area contributed by atoms with Gasteiger partial charge in [-0.25, -0.2) is 4.39 Å². The van der Waals surface area contributed by atoms with Crippen LogP contribution < -0.4 is 5.32 Å². The molecule has 2 fully saturated rings. The van der Waals surface area contributed by atoms with Crippen molar-refractivity contribution in [2.24, 2.45) is 5.92 Å². The van der Waals surface area contributed by atoms with E-state index >= 15 is 0 Å². The Morgan fingerprint density at radius 2 is 2.12 bits per heavy atom. The van der Waals surface area contributed by atoms with Crippen molar-refractivity contribution in [2.75, 3.05) is 0 Å². The molecule has 3 rings (SSSR count). The highest BCUT2D eigenvalue weighted by Gasteiger charge is 2.51. The molecule has 2 aliphatic heterocycles. The maximum absolute atomic E-state index is 13.2. The molecule has 3 nitrogen and oxygen atoms in total. The number of halogens is 1. The number of aliphatic carboxylic acids is 1. The molecule has 4 unspecified atom stereocenters. The fourth-order valence-electron chi connectivity index (χ4n) is 3.35. The lowest BCUT2D eigenvalue weighted by molar-refractivity contribution is -0.142. The third kappa shape index (κ3) is 1.63. The van der Waals surface area contributed by atoms with E-state index in [4.69, 9.17) is 0 Å². The van der Waals surface area contributed by atoms with Gasteiger partial charge in [-0.05, 0) is 30.5 Å². The SMILES string of the molecule is O=C(O)C1C2CCC(N2)C1c1cccc(F)c1. The van der Waals surface area contributed by atoms with E-state index in [1.54, 1.807) is 6.07 Å². The van der Waals surface area contributed by atoms with Crippen LogP contribution in [0.2, 0.25) is 0 Å². The molecule has 0 amide bonds.